The molecule has 0 saturated carbocycles. The lowest BCUT2D eigenvalue weighted by molar-refractivity contribution is 0.596. The van der Waals surface area contributed by atoms with Crippen LogP contribution in [0.15, 0.2) is 43.9 Å². The number of aryl methyl sites for hydroxylation is 1. The van der Waals surface area contributed by atoms with E-state index in [4.69, 9.17) is 5.26 Å². The first-order chi connectivity index (χ1) is 8.60. The Morgan fingerprint density at radius 1 is 1.33 bits per heavy atom. The summed E-state index contributed by atoms with van der Waals surface area (Å²) in [6.07, 6.45) is 0. The van der Waals surface area contributed by atoms with Crippen LogP contribution < -0.4 is 11.1 Å². The lowest BCUT2D eigenvalue weighted by Crippen LogP contribution is -2.33. The van der Waals surface area contributed by atoms with E-state index in [0.29, 0.717) is 10.7 Å². The third-order valence-electron chi connectivity index (χ3n) is 2.14. The van der Waals surface area contributed by atoms with Crippen molar-refractivity contribution >= 4 is 11.8 Å². The maximum absolute atomic E-state index is 11.2. The number of nitriles is 1. The fourth-order valence-corrected chi connectivity index (χ4v) is 2.05. The molecule has 0 fully saturated rings. The number of rotatable bonds is 2. The highest BCUT2D eigenvalue weighted by Crippen LogP contribution is 2.24. The molecule has 7 heteroatoms. The summed E-state index contributed by atoms with van der Waals surface area (Å²) in [6, 6.07) is 8.86. The molecular formula is C11H8N4O2S. The quantitative estimate of drug-likeness (QED) is 0.793. The zero-order valence-electron chi connectivity index (χ0n) is 9.38. The number of hydrogen-bond acceptors (Lipinski definition) is 5. The Labute approximate surface area is 106 Å². The second kappa shape index (κ2) is 4.89. The number of aromatic nitrogens is 3. The van der Waals surface area contributed by atoms with Crippen LogP contribution >= 0.6 is 11.8 Å². The van der Waals surface area contributed by atoms with Crippen LogP contribution in [0, 0.1) is 11.3 Å². The monoisotopic (exact) mass is 260 g/mol. The number of aromatic amines is 1. The Morgan fingerprint density at radius 2 is 2.00 bits per heavy atom. The lowest BCUT2D eigenvalue weighted by Gasteiger charge is -2.05. The first kappa shape index (κ1) is 12.1. The molecule has 0 aliphatic rings. The van der Waals surface area contributed by atoms with Crippen molar-refractivity contribution < 1.29 is 0 Å². The molecule has 1 heterocycles. The smallest absolute Gasteiger partial charge is 0.265 e. The Kier molecular flexibility index (Phi) is 3.30. The molecule has 1 aromatic heterocycles. The topological polar surface area (TPSA) is 91.5 Å². The van der Waals surface area contributed by atoms with Gasteiger partial charge in [0.25, 0.3) is 0 Å². The molecule has 0 saturated heterocycles. The second-order valence-corrected chi connectivity index (χ2v) is 4.48. The van der Waals surface area contributed by atoms with E-state index in [9.17, 15) is 9.59 Å². The molecule has 0 aliphatic carbocycles. The molecule has 18 heavy (non-hydrogen) atoms. The van der Waals surface area contributed by atoms with Gasteiger partial charge in [-0.3, -0.25) is 19.4 Å². The van der Waals surface area contributed by atoms with Crippen molar-refractivity contribution in [3.63, 3.8) is 0 Å². The predicted octanol–water partition coefficient (Wildman–Crippen LogP) is 0.491. The first-order valence-corrected chi connectivity index (χ1v) is 5.77. The van der Waals surface area contributed by atoms with E-state index in [1.54, 1.807) is 31.3 Å². The maximum Gasteiger partial charge on any atom is 0.339 e. The van der Waals surface area contributed by atoms with Crippen molar-refractivity contribution in [2.24, 2.45) is 7.05 Å². The molecule has 0 aliphatic heterocycles. The third-order valence-corrected chi connectivity index (χ3v) is 3.20. The molecule has 2 aromatic rings. The van der Waals surface area contributed by atoms with Crippen molar-refractivity contribution in [2.45, 2.75) is 10.1 Å². The molecular weight excluding hydrogens is 252 g/mol. The van der Waals surface area contributed by atoms with Gasteiger partial charge in [0.1, 0.15) is 0 Å². The van der Waals surface area contributed by atoms with Gasteiger partial charge >= 0.3 is 11.1 Å². The highest BCUT2D eigenvalue weighted by Gasteiger charge is 2.05. The maximum atomic E-state index is 11.2. The van der Waals surface area contributed by atoms with E-state index in [1.165, 1.54) is 16.4 Å². The van der Waals surface area contributed by atoms with Crippen molar-refractivity contribution in [3.05, 3.63) is 50.5 Å². The van der Waals surface area contributed by atoms with Crippen LogP contribution in [-0.2, 0) is 7.05 Å². The predicted molar refractivity (Wildman–Crippen MR) is 65.4 cm³/mol. The molecule has 2 rings (SSSR count). The lowest BCUT2D eigenvalue weighted by atomic mass is 10.2. The number of hydrogen-bond donors (Lipinski definition) is 1. The van der Waals surface area contributed by atoms with Gasteiger partial charge in [-0.15, -0.1) is 0 Å². The molecule has 6 nitrogen and oxygen atoms in total. The minimum absolute atomic E-state index is 0.379. The summed E-state index contributed by atoms with van der Waals surface area (Å²) in [4.78, 5) is 26.7. The normalized spacial score (nSPS) is 10.0. The minimum atomic E-state index is -0.816. The molecule has 1 N–H and O–H groups in total. The SMILES string of the molecule is Cn1[nH]c(=O)c(=O)nc1Sc1ccc(C#N)cc1. The van der Waals surface area contributed by atoms with E-state index in [2.05, 4.69) is 10.1 Å². The molecule has 0 radical (unpaired) electrons. The van der Waals surface area contributed by atoms with Gasteiger partial charge in [-0.1, -0.05) is 11.8 Å². The van der Waals surface area contributed by atoms with Crippen LogP contribution in [0.4, 0.5) is 0 Å². The highest BCUT2D eigenvalue weighted by molar-refractivity contribution is 7.99. The first-order valence-electron chi connectivity index (χ1n) is 4.95. The van der Waals surface area contributed by atoms with Crippen LogP contribution in [0.3, 0.4) is 0 Å². The van der Waals surface area contributed by atoms with Crippen LogP contribution in [0.1, 0.15) is 5.56 Å². The van der Waals surface area contributed by atoms with E-state index in [0.717, 1.165) is 4.90 Å². The summed E-state index contributed by atoms with van der Waals surface area (Å²) in [7, 11) is 1.60. The zero-order chi connectivity index (χ0) is 13.1. The molecule has 0 bridgehead atoms. The van der Waals surface area contributed by atoms with Gasteiger partial charge in [-0.05, 0) is 24.3 Å². The Morgan fingerprint density at radius 3 is 2.61 bits per heavy atom. The number of H-pyrrole nitrogens is 1. The van der Waals surface area contributed by atoms with Gasteiger partial charge in [0.2, 0.25) is 0 Å². The Bertz CT molecular complexity index is 724. The number of nitrogens with zero attached hydrogens (tertiary/aromatic N) is 3. The van der Waals surface area contributed by atoms with Gasteiger partial charge in [0, 0.05) is 11.9 Å². The fourth-order valence-electron chi connectivity index (χ4n) is 1.25. The molecule has 0 atom stereocenters. The second-order valence-electron chi connectivity index (χ2n) is 3.44. The minimum Gasteiger partial charge on any atom is -0.265 e. The zero-order valence-corrected chi connectivity index (χ0v) is 10.2. The van der Waals surface area contributed by atoms with Crippen LogP contribution in [0.2, 0.25) is 0 Å². The highest BCUT2D eigenvalue weighted by atomic mass is 32.2. The van der Waals surface area contributed by atoms with Crippen molar-refractivity contribution in [3.8, 4) is 6.07 Å². The fraction of sp³-hybridized carbons (Fsp3) is 0.0909. The van der Waals surface area contributed by atoms with E-state index in [-0.39, 0.29) is 0 Å². The summed E-state index contributed by atoms with van der Waals surface area (Å²) in [6.45, 7) is 0. The molecule has 90 valence electrons. The number of nitrogens with one attached hydrogen (secondary N) is 1. The molecule has 1 aromatic carbocycles. The third kappa shape index (κ3) is 2.49. The number of benzene rings is 1. The van der Waals surface area contributed by atoms with E-state index < -0.39 is 11.1 Å². The van der Waals surface area contributed by atoms with Crippen molar-refractivity contribution in [1.29, 1.82) is 5.26 Å². The van der Waals surface area contributed by atoms with E-state index in [1.807, 2.05) is 6.07 Å². The average molecular weight is 260 g/mol. The summed E-state index contributed by atoms with van der Waals surface area (Å²) in [5, 5.41) is 11.4. The summed E-state index contributed by atoms with van der Waals surface area (Å²) in [5.74, 6) is 0. The largest absolute Gasteiger partial charge is 0.339 e. The van der Waals surface area contributed by atoms with Gasteiger partial charge in [-0.25, -0.2) is 0 Å². The van der Waals surface area contributed by atoms with Crippen LogP contribution in [0.25, 0.3) is 0 Å². The summed E-state index contributed by atoms with van der Waals surface area (Å²) in [5.41, 5.74) is -1.01. The molecule has 0 spiro atoms. The standard InChI is InChI=1S/C11H8N4O2S/c1-15-11(13-9(16)10(17)14-15)18-8-4-2-7(6-12)3-5-8/h2-5H,1H3,(H,14,17). The van der Waals surface area contributed by atoms with Crippen LogP contribution in [-0.4, -0.2) is 14.8 Å². The van der Waals surface area contributed by atoms with Crippen molar-refractivity contribution in [1.82, 2.24) is 14.8 Å². The van der Waals surface area contributed by atoms with Gasteiger partial charge in [-0.2, -0.15) is 10.2 Å². The summed E-state index contributed by atoms with van der Waals surface area (Å²) < 4.78 is 1.38. The average Bonchev–Trinajstić information content (AvgIpc) is 2.37. The van der Waals surface area contributed by atoms with Gasteiger partial charge in [0.15, 0.2) is 5.16 Å². The Hall–Kier alpha value is -2.33. The van der Waals surface area contributed by atoms with E-state index >= 15 is 0 Å². The van der Waals surface area contributed by atoms with Gasteiger partial charge < -0.3 is 0 Å². The van der Waals surface area contributed by atoms with Crippen molar-refractivity contribution in [2.75, 3.05) is 0 Å². The molecule has 0 amide bonds. The summed E-state index contributed by atoms with van der Waals surface area (Å²) >= 11 is 1.23. The van der Waals surface area contributed by atoms with Crippen LogP contribution in [0.5, 0.6) is 0 Å². The molecule has 0 unspecified atom stereocenters. The Balaban J connectivity index is 2.34. The van der Waals surface area contributed by atoms with Gasteiger partial charge in [0.05, 0.1) is 11.6 Å².